The molecule has 1 N–H and O–H groups in total. The Bertz CT molecular complexity index is 845. The number of piperazine rings is 1. The SMILES string of the molecule is CC.CCC1(CCCN2CCNC(=O)C2)C2=C(CCCC2)c2cc(C(=O)OC)ccc21. The zero-order valence-electron chi connectivity index (χ0n) is 19.7. The third-order valence-electron chi connectivity index (χ3n) is 7.13. The molecule has 0 aromatic heterocycles. The molecule has 1 fully saturated rings. The summed E-state index contributed by atoms with van der Waals surface area (Å²) in [5, 5.41) is 2.91. The molecule has 1 amide bonds. The Morgan fingerprint density at radius 3 is 2.71 bits per heavy atom. The van der Waals surface area contributed by atoms with Gasteiger partial charge in [-0.2, -0.15) is 0 Å². The van der Waals surface area contributed by atoms with Gasteiger partial charge >= 0.3 is 5.97 Å². The molecule has 0 bridgehead atoms. The molecule has 1 unspecified atom stereocenters. The van der Waals surface area contributed by atoms with E-state index in [-0.39, 0.29) is 17.3 Å². The number of ether oxygens (including phenoxy) is 1. The molecule has 1 saturated heterocycles. The molecule has 31 heavy (non-hydrogen) atoms. The van der Waals surface area contributed by atoms with Crippen LogP contribution in [0.3, 0.4) is 0 Å². The van der Waals surface area contributed by atoms with Gasteiger partial charge in [0.25, 0.3) is 0 Å². The van der Waals surface area contributed by atoms with Gasteiger partial charge in [-0.25, -0.2) is 4.79 Å². The first-order chi connectivity index (χ1) is 15.1. The monoisotopic (exact) mass is 426 g/mol. The fourth-order valence-electron chi connectivity index (χ4n) is 5.70. The molecule has 1 heterocycles. The van der Waals surface area contributed by atoms with Crippen molar-refractivity contribution in [3.8, 4) is 0 Å². The molecule has 1 aliphatic heterocycles. The first kappa shape index (κ1) is 23.5. The second-order valence-corrected chi connectivity index (χ2v) is 8.58. The van der Waals surface area contributed by atoms with E-state index in [1.807, 2.05) is 19.9 Å². The highest BCUT2D eigenvalue weighted by molar-refractivity contribution is 5.92. The Hall–Kier alpha value is -2.14. The molecule has 4 rings (SSSR count). The minimum atomic E-state index is -0.261. The number of carbonyl (C=O) groups excluding carboxylic acids is 2. The highest BCUT2D eigenvalue weighted by Crippen LogP contribution is 2.55. The zero-order chi connectivity index (χ0) is 22.4. The number of allylic oxidation sites excluding steroid dienone is 2. The quantitative estimate of drug-likeness (QED) is 0.670. The van der Waals surface area contributed by atoms with Crippen LogP contribution in [0.4, 0.5) is 0 Å². The molecule has 1 aromatic rings. The normalized spacial score (nSPS) is 22.8. The molecule has 1 aromatic carbocycles. The minimum Gasteiger partial charge on any atom is -0.465 e. The maximum absolute atomic E-state index is 12.1. The predicted molar refractivity (Wildman–Crippen MR) is 125 cm³/mol. The fourth-order valence-corrected chi connectivity index (χ4v) is 5.70. The van der Waals surface area contributed by atoms with E-state index in [4.69, 9.17) is 4.74 Å². The van der Waals surface area contributed by atoms with E-state index in [0.29, 0.717) is 12.1 Å². The molecule has 0 radical (unpaired) electrons. The lowest BCUT2D eigenvalue weighted by molar-refractivity contribution is -0.124. The van der Waals surface area contributed by atoms with Crippen LogP contribution < -0.4 is 5.32 Å². The minimum absolute atomic E-state index is 0.0811. The largest absolute Gasteiger partial charge is 0.465 e. The van der Waals surface area contributed by atoms with Crippen LogP contribution >= 0.6 is 0 Å². The molecular weight excluding hydrogens is 388 g/mol. The Labute approximate surface area is 187 Å². The molecule has 0 saturated carbocycles. The standard InChI is InChI=1S/C24H32N2O3.C2H6/c1-3-24(11-6-13-26-14-12-25-22(27)16-26)20-8-5-4-7-18(20)19-15-17(23(28)29-2)9-10-21(19)24;1-2/h9-10,15H,3-8,11-14,16H2,1-2H3,(H,25,27);1-2H3. The number of hydrogen-bond acceptors (Lipinski definition) is 4. The number of methoxy groups -OCH3 is 1. The van der Waals surface area contributed by atoms with Crippen molar-refractivity contribution in [2.24, 2.45) is 0 Å². The highest BCUT2D eigenvalue weighted by Gasteiger charge is 2.43. The maximum atomic E-state index is 12.1. The molecule has 0 spiro atoms. The van der Waals surface area contributed by atoms with Gasteiger partial charge in [-0.1, -0.05) is 32.4 Å². The third kappa shape index (κ3) is 4.57. The van der Waals surface area contributed by atoms with Crippen LogP contribution in [0.15, 0.2) is 23.8 Å². The van der Waals surface area contributed by atoms with Gasteiger partial charge in [0.1, 0.15) is 0 Å². The lowest BCUT2D eigenvalue weighted by Crippen LogP contribution is -2.48. The van der Waals surface area contributed by atoms with Crippen molar-refractivity contribution in [1.82, 2.24) is 10.2 Å². The van der Waals surface area contributed by atoms with Gasteiger partial charge in [0.05, 0.1) is 19.2 Å². The molecule has 1 atom stereocenters. The van der Waals surface area contributed by atoms with Crippen molar-refractivity contribution < 1.29 is 14.3 Å². The van der Waals surface area contributed by atoms with Gasteiger partial charge in [-0.05, 0) is 80.3 Å². The first-order valence-electron chi connectivity index (χ1n) is 12.0. The van der Waals surface area contributed by atoms with Gasteiger partial charge in [0.2, 0.25) is 5.91 Å². The number of benzene rings is 1. The molecule has 170 valence electrons. The van der Waals surface area contributed by atoms with Crippen molar-refractivity contribution in [3.63, 3.8) is 0 Å². The summed E-state index contributed by atoms with van der Waals surface area (Å²) in [6, 6.07) is 6.18. The number of esters is 1. The smallest absolute Gasteiger partial charge is 0.337 e. The van der Waals surface area contributed by atoms with Crippen LogP contribution in [0, 0.1) is 0 Å². The van der Waals surface area contributed by atoms with Crippen LogP contribution in [0.2, 0.25) is 0 Å². The third-order valence-corrected chi connectivity index (χ3v) is 7.13. The van der Waals surface area contributed by atoms with Gasteiger partial charge < -0.3 is 10.1 Å². The van der Waals surface area contributed by atoms with Crippen molar-refractivity contribution in [2.75, 3.05) is 33.3 Å². The summed E-state index contributed by atoms with van der Waals surface area (Å²) < 4.78 is 4.96. The van der Waals surface area contributed by atoms with E-state index in [1.165, 1.54) is 36.7 Å². The number of nitrogens with zero attached hydrogens (tertiary/aromatic N) is 1. The molecule has 2 aliphatic carbocycles. The van der Waals surface area contributed by atoms with E-state index in [1.54, 1.807) is 5.57 Å². The van der Waals surface area contributed by atoms with Gasteiger partial charge in [0.15, 0.2) is 0 Å². The van der Waals surface area contributed by atoms with Gasteiger partial charge in [-0.15, -0.1) is 0 Å². The Balaban J connectivity index is 0.00000132. The fraction of sp³-hybridized carbons (Fsp3) is 0.615. The number of nitrogens with one attached hydrogen (secondary N) is 1. The van der Waals surface area contributed by atoms with Crippen LogP contribution in [0.1, 0.15) is 87.2 Å². The van der Waals surface area contributed by atoms with Crippen molar-refractivity contribution >= 4 is 17.4 Å². The summed E-state index contributed by atoms with van der Waals surface area (Å²) in [7, 11) is 1.44. The Morgan fingerprint density at radius 2 is 2.00 bits per heavy atom. The van der Waals surface area contributed by atoms with E-state index >= 15 is 0 Å². The summed E-state index contributed by atoms with van der Waals surface area (Å²) in [6.45, 7) is 9.49. The second kappa shape index (κ2) is 10.4. The molecule has 3 aliphatic rings. The summed E-state index contributed by atoms with van der Waals surface area (Å²) in [5.41, 5.74) is 6.50. The number of carbonyl (C=O) groups is 2. The van der Waals surface area contributed by atoms with Crippen LogP contribution in [-0.2, 0) is 14.9 Å². The van der Waals surface area contributed by atoms with E-state index in [0.717, 1.165) is 51.7 Å². The Kier molecular flexibility index (Phi) is 7.93. The average Bonchev–Trinajstić information content (AvgIpc) is 3.10. The molecular formula is C26H38N2O3. The number of fused-ring (bicyclic) bond motifs is 2. The number of hydrogen-bond donors (Lipinski definition) is 1. The average molecular weight is 427 g/mol. The van der Waals surface area contributed by atoms with Crippen LogP contribution in [0.25, 0.3) is 5.57 Å². The summed E-state index contributed by atoms with van der Waals surface area (Å²) in [5.74, 6) is -0.122. The van der Waals surface area contributed by atoms with Gasteiger partial charge in [-0.3, -0.25) is 9.69 Å². The topological polar surface area (TPSA) is 58.6 Å². The zero-order valence-corrected chi connectivity index (χ0v) is 19.7. The first-order valence-corrected chi connectivity index (χ1v) is 12.0. The summed E-state index contributed by atoms with van der Waals surface area (Å²) in [4.78, 5) is 26.1. The van der Waals surface area contributed by atoms with Crippen molar-refractivity contribution in [3.05, 3.63) is 40.5 Å². The molecule has 5 heteroatoms. The van der Waals surface area contributed by atoms with Crippen molar-refractivity contribution in [2.45, 2.75) is 71.1 Å². The lowest BCUT2D eigenvalue weighted by atomic mass is 9.69. The lowest BCUT2D eigenvalue weighted by Gasteiger charge is -2.36. The summed E-state index contributed by atoms with van der Waals surface area (Å²) >= 11 is 0. The number of amides is 1. The highest BCUT2D eigenvalue weighted by atomic mass is 16.5. The van der Waals surface area contributed by atoms with Gasteiger partial charge in [0, 0.05) is 18.5 Å². The van der Waals surface area contributed by atoms with Crippen LogP contribution in [0.5, 0.6) is 0 Å². The maximum Gasteiger partial charge on any atom is 0.337 e. The summed E-state index contributed by atoms with van der Waals surface area (Å²) in [6.07, 6.45) is 8.02. The van der Waals surface area contributed by atoms with E-state index in [2.05, 4.69) is 29.3 Å². The van der Waals surface area contributed by atoms with E-state index in [9.17, 15) is 9.59 Å². The van der Waals surface area contributed by atoms with Crippen molar-refractivity contribution in [1.29, 1.82) is 0 Å². The van der Waals surface area contributed by atoms with Crippen LogP contribution in [-0.4, -0.2) is 50.1 Å². The second-order valence-electron chi connectivity index (χ2n) is 8.58. The Morgan fingerprint density at radius 1 is 1.23 bits per heavy atom. The number of rotatable bonds is 6. The van der Waals surface area contributed by atoms with E-state index < -0.39 is 0 Å². The molecule has 5 nitrogen and oxygen atoms in total. The predicted octanol–water partition coefficient (Wildman–Crippen LogP) is 4.70.